The Morgan fingerprint density at radius 1 is 0.562 bits per heavy atom. The molecule has 8 nitrogen and oxygen atoms in total. The third-order valence-electron chi connectivity index (χ3n) is 3.61. The fourth-order valence-electron chi connectivity index (χ4n) is 2.38. The zero-order valence-corrected chi connectivity index (χ0v) is 20.9. The highest BCUT2D eigenvalue weighted by Crippen LogP contribution is 2.34. The van der Waals surface area contributed by atoms with E-state index in [1.54, 1.807) is 24.8 Å². The second-order valence-electron chi connectivity index (χ2n) is 5.90. The summed E-state index contributed by atoms with van der Waals surface area (Å²) in [5.41, 5.74) is 0. The lowest BCUT2D eigenvalue weighted by Crippen LogP contribution is -2.03. The van der Waals surface area contributed by atoms with Crippen molar-refractivity contribution in [1.82, 2.24) is 9.97 Å². The van der Waals surface area contributed by atoms with E-state index in [9.17, 15) is 25.9 Å². The molecule has 0 aliphatic carbocycles. The van der Waals surface area contributed by atoms with Crippen LogP contribution in [0, 0.1) is 0 Å². The predicted octanol–water partition coefficient (Wildman–Crippen LogP) is 5.02. The highest BCUT2D eigenvalue weighted by Gasteiger charge is 2.21. The van der Waals surface area contributed by atoms with Gasteiger partial charge >= 0.3 is 0 Å². The van der Waals surface area contributed by atoms with E-state index >= 15 is 0 Å². The first-order valence-corrected chi connectivity index (χ1v) is 13.0. The van der Waals surface area contributed by atoms with E-state index in [2.05, 4.69) is 41.8 Å². The first-order chi connectivity index (χ1) is 15.0. The Balaban J connectivity index is 0.000000243. The summed E-state index contributed by atoms with van der Waals surface area (Å²) >= 11 is 6.06. The van der Waals surface area contributed by atoms with Crippen molar-refractivity contribution in [2.45, 2.75) is 9.79 Å². The molecule has 0 amide bonds. The lowest BCUT2D eigenvalue weighted by molar-refractivity contribution is 0.481. The van der Waals surface area contributed by atoms with Gasteiger partial charge in [0.2, 0.25) is 0 Å². The molecule has 168 valence electrons. The van der Waals surface area contributed by atoms with Crippen LogP contribution >= 0.6 is 31.9 Å². The van der Waals surface area contributed by atoms with Gasteiger partial charge in [0.05, 0.1) is 0 Å². The molecule has 0 saturated carbocycles. The molecule has 2 N–H and O–H groups in total. The summed E-state index contributed by atoms with van der Waals surface area (Å²) in [6.07, 6.45) is 7.00. The molecular formula is C20H16Br2N2O6S2. The lowest BCUT2D eigenvalue weighted by atomic mass is 10.1. The van der Waals surface area contributed by atoms with Crippen molar-refractivity contribution in [3.8, 4) is 0 Å². The second-order valence-corrected chi connectivity index (χ2v) is 10.5. The first kappa shape index (κ1) is 26.0. The van der Waals surface area contributed by atoms with Gasteiger partial charge in [0.1, 0.15) is 9.79 Å². The SMILES string of the molecule is O=S(=O)(O)c1cc(Br)cc2c(S(=O)(=O)O)cc(Br)cc12.c1ccncc1.c1ccncc1. The maximum absolute atomic E-state index is 11.4. The van der Waals surface area contributed by atoms with E-state index in [0.717, 1.165) is 12.1 Å². The normalized spacial score (nSPS) is 11.0. The van der Waals surface area contributed by atoms with E-state index in [1.807, 2.05) is 36.4 Å². The Labute approximate surface area is 202 Å². The molecule has 0 radical (unpaired) electrons. The van der Waals surface area contributed by atoms with Gasteiger partial charge in [-0.15, -0.1) is 0 Å². The van der Waals surface area contributed by atoms with Gasteiger partial charge in [-0.25, -0.2) is 0 Å². The summed E-state index contributed by atoms with van der Waals surface area (Å²) in [5.74, 6) is 0. The van der Waals surface area contributed by atoms with E-state index in [1.165, 1.54) is 12.1 Å². The molecule has 0 fully saturated rings. The number of benzene rings is 2. The quantitative estimate of drug-likeness (QED) is 0.305. The Morgan fingerprint density at radius 3 is 1.06 bits per heavy atom. The molecule has 0 unspecified atom stereocenters. The standard InChI is InChI=1S/C10H6Br2O6S2.2C5H5N/c11-5-1-7-8(10(3-5)20(16,17)18)2-6(12)4-9(7)19(13,14)15;2*1-2-4-6-5-3-1/h1-4H,(H,13,14,15)(H,16,17,18);2*1-5H. The monoisotopic (exact) mass is 602 g/mol. The van der Waals surface area contributed by atoms with Crippen LogP contribution in [0.1, 0.15) is 0 Å². The van der Waals surface area contributed by atoms with Crippen LogP contribution < -0.4 is 0 Å². The molecule has 4 aromatic rings. The molecule has 2 heterocycles. The van der Waals surface area contributed by atoms with Crippen molar-refractivity contribution in [1.29, 1.82) is 0 Å². The third kappa shape index (κ3) is 8.04. The molecule has 32 heavy (non-hydrogen) atoms. The molecule has 0 aliphatic heterocycles. The number of hydrogen-bond donors (Lipinski definition) is 2. The summed E-state index contributed by atoms with van der Waals surface area (Å²) in [5, 5.41) is -0.0598. The van der Waals surface area contributed by atoms with Crippen LogP contribution in [0.4, 0.5) is 0 Å². The van der Waals surface area contributed by atoms with Crippen LogP contribution in [-0.4, -0.2) is 35.9 Å². The van der Waals surface area contributed by atoms with Gasteiger partial charge in [0, 0.05) is 44.5 Å². The maximum Gasteiger partial charge on any atom is 0.295 e. The molecule has 4 rings (SSSR count). The highest BCUT2D eigenvalue weighted by atomic mass is 79.9. The van der Waals surface area contributed by atoms with Crippen molar-refractivity contribution in [2.75, 3.05) is 0 Å². The van der Waals surface area contributed by atoms with Gasteiger partial charge in [-0.05, 0) is 48.5 Å². The van der Waals surface area contributed by atoms with Crippen molar-refractivity contribution in [3.63, 3.8) is 0 Å². The Hall–Kier alpha value is -2.22. The van der Waals surface area contributed by atoms with Gasteiger partial charge in [0.15, 0.2) is 0 Å². The van der Waals surface area contributed by atoms with Gasteiger partial charge in [-0.1, -0.05) is 44.0 Å². The Kier molecular flexibility index (Phi) is 9.43. The predicted molar refractivity (Wildman–Crippen MR) is 127 cm³/mol. The first-order valence-electron chi connectivity index (χ1n) is 8.58. The minimum atomic E-state index is -4.56. The van der Waals surface area contributed by atoms with Gasteiger partial charge in [0.25, 0.3) is 20.2 Å². The zero-order chi connectivity index (χ0) is 23.8. The van der Waals surface area contributed by atoms with Gasteiger partial charge in [-0.3, -0.25) is 19.1 Å². The summed E-state index contributed by atoms with van der Waals surface area (Å²) in [4.78, 5) is 6.64. The number of fused-ring (bicyclic) bond motifs is 1. The summed E-state index contributed by atoms with van der Waals surface area (Å²) < 4.78 is 64.4. The summed E-state index contributed by atoms with van der Waals surface area (Å²) in [6, 6.07) is 16.4. The van der Waals surface area contributed by atoms with Crippen molar-refractivity contribution in [3.05, 3.63) is 94.4 Å². The lowest BCUT2D eigenvalue weighted by Gasteiger charge is -2.09. The fourth-order valence-corrected chi connectivity index (χ4v) is 5.04. The number of hydrogen-bond acceptors (Lipinski definition) is 6. The average Bonchev–Trinajstić information content (AvgIpc) is 2.75. The topological polar surface area (TPSA) is 135 Å². The van der Waals surface area contributed by atoms with Crippen LogP contribution in [0.25, 0.3) is 10.8 Å². The van der Waals surface area contributed by atoms with Crippen LogP contribution in [0.15, 0.2) is 104 Å². The minimum absolute atomic E-state index is 0.0299. The summed E-state index contributed by atoms with van der Waals surface area (Å²) in [6.45, 7) is 0. The molecular weight excluding hydrogens is 588 g/mol. The zero-order valence-electron chi connectivity index (χ0n) is 16.1. The van der Waals surface area contributed by atoms with Crippen molar-refractivity contribution < 1.29 is 25.9 Å². The Bertz CT molecular complexity index is 1220. The smallest absolute Gasteiger partial charge is 0.282 e. The number of rotatable bonds is 2. The average molecular weight is 604 g/mol. The minimum Gasteiger partial charge on any atom is -0.282 e. The molecule has 0 spiro atoms. The number of aromatic nitrogens is 2. The highest BCUT2D eigenvalue weighted by molar-refractivity contribution is 9.10. The molecule has 0 atom stereocenters. The van der Waals surface area contributed by atoms with Gasteiger partial charge < -0.3 is 0 Å². The van der Waals surface area contributed by atoms with Crippen molar-refractivity contribution in [2.24, 2.45) is 0 Å². The molecule has 2 aromatic heterocycles. The van der Waals surface area contributed by atoms with E-state index in [4.69, 9.17) is 0 Å². The second kappa shape index (κ2) is 11.6. The Morgan fingerprint density at radius 2 is 0.875 bits per heavy atom. The third-order valence-corrected chi connectivity index (χ3v) is 6.32. The molecule has 2 aromatic carbocycles. The number of pyridine rings is 2. The molecule has 0 aliphatic rings. The number of halogens is 2. The van der Waals surface area contributed by atoms with E-state index < -0.39 is 30.0 Å². The fraction of sp³-hybridized carbons (Fsp3) is 0. The van der Waals surface area contributed by atoms with Crippen LogP contribution in [0.2, 0.25) is 0 Å². The molecule has 12 heteroatoms. The van der Waals surface area contributed by atoms with E-state index in [0.29, 0.717) is 0 Å². The summed E-state index contributed by atoms with van der Waals surface area (Å²) in [7, 11) is -9.12. The van der Waals surface area contributed by atoms with Crippen molar-refractivity contribution >= 4 is 62.9 Å². The van der Waals surface area contributed by atoms with Crippen LogP contribution in [0.3, 0.4) is 0 Å². The van der Waals surface area contributed by atoms with Gasteiger partial charge in [-0.2, -0.15) is 16.8 Å². The van der Waals surface area contributed by atoms with E-state index in [-0.39, 0.29) is 19.7 Å². The largest absolute Gasteiger partial charge is 0.295 e. The van der Waals surface area contributed by atoms with Crippen LogP contribution in [-0.2, 0) is 20.2 Å². The maximum atomic E-state index is 11.4. The van der Waals surface area contributed by atoms with Crippen LogP contribution in [0.5, 0.6) is 0 Å². The molecule has 0 bridgehead atoms. The molecule has 0 saturated heterocycles. The number of nitrogens with zero attached hydrogens (tertiary/aromatic N) is 2.